The molecule has 0 spiro atoms. The molecular formula is C18H34N2. The Balaban J connectivity index is 1.66. The predicted molar refractivity (Wildman–Crippen MR) is 86.0 cm³/mol. The minimum atomic E-state index is 0.802. The number of piperidine rings is 2. The van der Waals surface area contributed by atoms with Crippen LogP contribution in [0.15, 0.2) is 0 Å². The highest BCUT2D eigenvalue weighted by Crippen LogP contribution is 2.39. The quantitative estimate of drug-likeness (QED) is 0.786. The summed E-state index contributed by atoms with van der Waals surface area (Å²) in [5, 5.41) is 3.73. The minimum Gasteiger partial charge on any atom is -0.314 e. The average molecular weight is 278 g/mol. The van der Waals surface area contributed by atoms with Crippen molar-refractivity contribution in [2.24, 2.45) is 5.92 Å². The fourth-order valence-electron chi connectivity index (χ4n) is 5.23. The normalized spacial score (nSPS) is 43.2. The summed E-state index contributed by atoms with van der Waals surface area (Å²) in [5.74, 6) is 0.971. The van der Waals surface area contributed by atoms with E-state index in [9.17, 15) is 0 Å². The van der Waals surface area contributed by atoms with E-state index in [-0.39, 0.29) is 0 Å². The van der Waals surface area contributed by atoms with Crippen molar-refractivity contribution < 1.29 is 0 Å². The third-order valence-electron chi connectivity index (χ3n) is 6.17. The lowest BCUT2D eigenvalue weighted by Gasteiger charge is -2.52. The number of fused-ring (bicyclic) bond motifs is 2. The third-order valence-corrected chi connectivity index (χ3v) is 6.17. The number of nitrogens with zero attached hydrogens (tertiary/aromatic N) is 1. The van der Waals surface area contributed by atoms with Gasteiger partial charge in [0, 0.05) is 24.2 Å². The lowest BCUT2D eigenvalue weighted by molar-refractivity contribution is -0.0155. The molecule has 0 aromatic rings. The maximum absolute atomic E-state index is 3.73. The van der Waals surface area contributed by atoms with Gasteiger partial charge >= 0.3 is 0 Å². The van der Waals surface area contributed by atoms with Crippen LogP contribution in [0.5, 0.6) is 0 Å². The van der Waals surface area contributed by atoms with Crippen molar-refractivity contribution in [2.75, 3.05) is 6.54 Å². The highest BCUT2D eigenvalue weighted by atomic mass is 15.2. The van der Waals surface area contributed by atoms with Crippen LogP contribution < -0.4 is 5.32 Å². The first kappa shape index (κ1) is 14.8. The SMILES string of the molecule is CCNC1CC2CCCC(C1)N2C1CCCC(C)CC1. The zero-order valence-electron chi connectivity index (χ0n) is 13.6. The Hall–Kier alpha value is -0.0800. The first-order valence-electron chi connectivity index (χ1n) is 9.28. The topological polar surface area (TPSA) is 15.3 Å². The Morgan fingerprint density at radius 3 is 2.20 bits per heavy atom. The van der Waals surface area contributed by atoms with Gasteiger partial charge in [-0.3, -0.25) is 4.90 Å². The first-order valence-corrected chi connectivity index (χ1v) is 9.28. The van der Waals surface area contributed by atoms with Crippen molar-refractivity contribution in [1.82, 2.24) is 10.2 Å². The summed E-state index contributed by atoms with van der Waals surface area (Å²) in [6, 6.07) is 3.50. The average Bonchev–Trinajstić information content (AvgIpc) is 2.63. The van der Waals surface area contributed by atoms with E-state index in [1.165, 1.54) is 64.2 Å². The van der Waals surface area contributed by atoms with Crippen LogP contribution in [0.25, 0.3) is 0 Å². The zero-order chi connectivity index (χ0) is 13.9. The molecule has 2 bridgehead atoms. The van der Waals surface area contributed by atoms with Crippen LogP contribution in [-0.2, 0) is 0 Å². The number of hydrogen-bond acceptors (Lipinski definition) is 2. The van der Waals surface area contributed by atoms with Crippen LogP contribution in [0, 0.1) is 5.92 Å². The molecule has 2 nitrogen and oxygen atoms in total. The second-order valence-electron chi connectivity index (χ2n) is 7.68. The molecule has 4 atom stereocenters. The van der Waals surface area contributed by atoms with Crippen LogP contribution >= 0.6 is 0 Å². The molecule has 1 N–H and O–H groups in total. The molecule has 0 amide bonds. The minimum absolute atomic E-state index is 0.802. The van der Waals surface area contributed by atoms with Crippen molar-refractivity contribution in [3.8, 4) is 0 Å². The summed E-state index contributed by atoms with van der Waals surface area (Å²) in [6.45, 7) is 5.86. The molecule has 3 rings (SSSR count). The van der Waals surface area contributed by atoms with Crippen molar-refractivity contribution >= 4 is 0 Å². The van der Waals surface area contributed by atoms with Gasteiger partial charge in [-0.1, -0.05) is 33.1 Å². The molecule has 20 heavy (non-hydrogen) atoms. The molecule has 2 aliphatic heterocycles. The summed E-state index contributed by atoms with van der Waals surface area (Å²) in [7, 11) is 0. The maximum atomic E-state index is 3.73. The van der Waals surface area contributed by atoms with E-state index >= 15 is 0 Å². The number of rotatable bonds is 3. The molecule has 2 saturated heterocycles. The van der Waals surface area contributed by atoms with E-state index in [2.05, 4.69) is 24.1 Å². The van der Waals surface area contributed by atoms with Crippen LogP contribution in [0.3, 0.4) is 0 Å². The molecule has 0 aromatic carbocycles. The smallest absolute Gasteiger partial charge is 0.0116 e. The monoisotopic (exact) mass is 278 g/mol. The van der Waals surface area contributed by atoms with Crippen LogP contribution in [0.2, 0.25) is 0 Å². The largest absolute Gasteiger partial charge is 0.314 e. The summed E-state index contributed by atoms with van der Waals surface area (Å²) < 4.78 is 0. The van der Waals surface area contributed by atoms with Crippen molar-refractivity contribution in [3.05, 3.63) is 0 Å². The summed E-state index contributed by atoms with van der Waals surface area (Å²) in [4.78, 5) is 3.01. The van der Waals surface area contributed by atoms with Crippen molar-refractivity contribution in [2.45, 2.75) is 102 Å². The van der Waals surface area contributed by atoms with E-state index in [0.29, 0.717) is 0 Å². The van der Waals surface area contributed by atoms with Crippen LogP contribution in [0.4, 0.5) is 0 Å². The lowest BCUT2D eigenvalue weighted by Crippen LogP contribution is -2.59. The predicted octanol–water partition coefficient (Wildman–Crippen LogP) is 3.95. The Bertz CT molecular complexity index is 290. The zero-order valence-corrected chi connectivity index (χ0v) is 13.6. The maximum Gasteiger partial charge on any atom is 0.0116 e. The summed E-state index contributed by atoms with van der Waals surface area (Å²) in [6.07, 6.45) is 14.6. The summed E-state index contributed by atoms with van der Waals surface area (Å²) in [5.41, 5.74) is 0. The van der Waals surface area contributed by atoms with Crippen LogP contribution in [0.1, 0.15) is 78.1 Å². The molecule has 1 saturated carbocycles. The highest BCUT2D eigenvalue weighted by molar-refractivity contribution is 4.98. The molecule has 2 heterocycles. The van der Waals surface area contributed by atoms with Crippen molar-refractivity contribution in [1.29, 1.82) is 0 Å². The van der Waals surface area contributed by atoms with Gasteiger partial charge in [-0.2, -0.15) is 0 Å². The number of nitrogens with one attached hydrogen (secondary N) is 1. The lowest BCUT2D eigenvalue weighted by atomic mass is 9.79. The van der Waals surface area contributed by atoms with E-state index in [1.54, 1.807) is 0 Å². The van der Waals surface area contributed by atoms with Gasteiger partial charge in [0.05, 0.1) is 0 Å². The first-order chi connectivity index (χ1) is 9.78. The van der Waals surface area contributed by atoms with E-state index < -0.39 is 0 Å². The molecular weight excluding hydrogens is 244 g/mol. The molecule has 4 unspecified atom stereocenters. The Kier molecular flexibility index (Phi) is 5.04. The van der Waals surface area contributed by atoms with Gasteiger partial charge in [-0.15, -0.1) is 0 Å². The van der Waals surface area contributed by atoms with E-state index in [1.807, 2.05) is 0 Å². The Morgan fingerprint density at radius 2 is 1.50 bits per heavy atom. The molecule has 3 aliphatic rings. The van der Waals surface area contributed by atoms with Gasteiger partial charge in [-0.05, 0) is 57.4 Å². The molecule has 0 aromatic heterocycles. The van der Waals surface area contributed by atoms with Gasteiger partial charge in [0.25, 0.3) is 0 Å². The standard InChI is InChI=1S/C18H34N2/c1-3-19-15-12-17-8-5-9-18(13-15)20(17)16-7-4-6-14(2)10-11-16/h14-19H,3-13H2,1-2H3. The Labute approximate surface area is 125 Å². The van der Waals surface area contributed by atoms with E-state index in [0.717, 1.165) is 36.6 Å². The second kappa shape index (κ2) is 6.79. The van der Waals surface area contributed by atoms with Gasteiger partial charge in [0.1, 0.15) is 0 Å². The Morgan fingerprint density at radius 1 is 0.850 bits per heavy atom. The van der Waals surface area contributed by atoms with Gasteiger partial charge in [0.2, 0.25) is 0 Å². The fourth-order valence-corrected chi connectivity index (χ4v) is 5.23. The molecule has 1 aliphatic carbocycles. The van der Waals surface area contributed by atoms with Crippen LogP contribution in [-0.4, -0.2) is 35.6 Å². The molecule has 0 radical (unpaired) electrons. The van der Waals surface area contributed by atoms with Gasteiger partial charge in [-0.25, -0.2) is 0 Å². The fraction of sp³-hybridized carbons (Fsp3) is 1.00. The molecule has 2 heteroatoms. The molecule has 116 valence electrons. The van der Waals surface area contributed by atoms with Gasteiger partial charge < -0.3 is 5.32 Å². The number of hydrogen-bond donors (Lipinski definition) is 1. The van der Waals surface area contributed by atoms with Crippen molar-refractivity contribution in [3.63, 3.8) is 0 Å². The molecule has 3 fully saturated rings. The second-order valence-corrected chi connectivity index (χ2v) is 7.68. The van der Waals surface area contributed by atoms with E-state index in [4.69, 9.17) is 0 Å². The highest BCUT2D eigenvalue weighted by Gasteiger charge is 2.41. The van der Waals surface area contributed by atoms with Gasteiger partial charge in [0.15, 0.2) is 0 Å². The summed E-state index contributed by atoms with van der Waals surface area (Å²) >= 11 is 0. The third kappa shape index (κ3) is 3.22.